The van der Waals surface area contributed by atoms with Crippen LogP contribution in [0.1, 0.15) is 11.4 Å². The Morgan fingerprint density at radius 2 is 1.96 bits per heavy atom. The monoisotopic (exact) mass is 338 g/mol. The van der Waals surface area contributed by atoms with Crippen LogP contribution in [0.2, 0.25) is 0 Å². The van der Waals surface area contributed by atoms with Crippen LogP contribution in [-0.2, 0) is 6.54 Å². The molecule has 2 aromatic heterocycles. The highest BCUT2D eigenvalue weighted by Crippen LogP contribution is 2.10. The van der Waals surface area contributed by atoms with Gasteiger partial charge in [-0.2, -0.15) is 0 Å². The van der Waals surface area contributed by atoms with Gasteiger partial charge in [-0.25, -0.2) is 0 Å². The lowest BCUT2D eigenvalue weighted by Gasteiger charge is -2.12. The maximum absolute atomic E-state index is 5.69. The van der Waals surface area contributed by atoms with E-state index >= 15 is 0 Å². The van der Waals surface area contributed by atoms with Gasteiger partial charge in [0.25, 0.3) is 0 Å². The summed E-state index contributed by atoms with van der Waals surface area (Å²) in [5, 5.41) is 14.8. The van der Waals surface area contributed by atoms with E-state index < -0.39 is 0 Å². The van der Waals surface area contributed by atoms with Crippen molar-refractivity contribution < 1.29 is 4.74 Å². The Labute approximate surface area is 146 Å². The topological polar surface area (TPSA) is 75.8 Å². The zero-order valence-electron chi connectivity index (χ0n) is 14.4. The van der Waals surface area contributed by atoms with Crippen molar-refractivity contribution in [1.29, 1.82) is 0 Å². The molecule has 0 saturated heterocycles. The first-order valence-corrected chi connectivity index (χ1v) is 8.19. The van der Waals surface area contributed by atoms with Gasteiger partial charge in [-0.05, 0) is 31.2 Å². The van der Waals surface area contributed by atoms with Crippen LogP contribution >= 0.6 is 0 Å². The van der Waals surface area contributed by atoms with Crippen LogP contribution in [0, 0.1) is 6.92 Å². The Kier molecular flexibility index (Phi) is 5.46. The number of aliphatic imine (C=N–C) groups is 1. The molecule has 0 amide bonds. The Bertz CT molecular complexity index is 840. The minimum atomic E-state index is 0.531. The van der Waals surface area contributed by atoms with Gasteiger partial charge in [-0.15, -0.1) is 10.2 Å². The van der Waals surface area contributed by atoms with Gasteiger partial charge in [0.1, 0.15) is 12.4 Å². The number of pyridine rings is 1. The second-order valence-corrected chi connectivity index (χ2v) is 5.56. The third-order valence-electron chi connectivity index (χ3n) is 3.71. The highest BCUT2D eigenvalue weighted by molar-refractivity contribution is 5.79. The van der Waals surface area contributed by atoms with Gasteiger partial charge < -0.3 is 15.4 Å². The normalized spacial score (nSPS) is 11.5. The summed E-state index contributed by atoms with van der Waals surface area (Å²) in [7, 11) is 1.73. The van der Waals surface area contributed by atoms with E-state index in [4.69, 9.17) is 4.74 Å². The number of rotatable bonds is 6. The maximum atomic E-state index is 5.69. The van der Waals surface area contributed by atoms with Gasteiger partial charge in [0.2, 0.25) is 0 Å². The number of nitrogens with zero attached hydrogens (tertiary/aromatic N) is 4. The molecule has 0 aliphatic carbocycles. The molecule has 130 valence electrons. The number of aryl methyl sites for hydroxylation is 1. The minimum Gasteiger partial charge on any atom is -0.492 e. The van der Waals surface area contributed by atoms with E-state index in [9.17, 15) is 0 Å². The van der Waals surface area contributed by atoms with E-state index in [2.05, 4.69) is 32.7 Å². The largest absolute Gasteiger partial charge is 0.492 e. The van der Waals surface area contributed by atoms with Gasteiger partial charge in [-0.3, -0.25) is 9.39 Å². The molecule has 2 heterocycles. The third kappa shape index (κ3) is 4.47. The molecule has 0 atom stereocenters. The predicted octanol–water partition coefficient (Wildman–Crippen LogP) is 1.78. The average molecular weight is 338 g/mol. The molecule has 7 heteroatoms. The second-order valence-electron chi connectivity index (χ2n) is 5.56. The SMILES string of the molecule is CN=C(NCCOc1ccc(C)cc1)NCc1nnc2ccccn12. The van der Waals surface area contributed by atoms with Gasteiger partial charge in [0, 0.05) is 13.2 Å². The van der Waals surface area contributed by atoms with E-state index in [1.54, 1.807) is 7.05 Å². The molecule has 1 aromatic carbocycles. The number of nitrogens with one attached hydrogen (secondary N) is 2. The van der Waals surface area contributed by atoms with Gasteiger partial charge >= 0.3 is 0 Å². The summed E-state index contributed by atoms with van der Waals surface area (Å²) in [6.45, 7) is 3.79. The highest BCUT2D eigenvalue weighted by Gasteiger charge is 2.05. The van der Waals surface area contributed by atoms with Crippen molar-refractivity contribution in [2.24, 2.45) is 4.99 Å². The summed E-state index contributed by atoms with van der Waals surface area (Å²) in [6, 6.07) is 13.8. The van der Waals surface area contributed by atoms with Crippen molar-refractivity contribution in [3.63, 3.8) is 0 Å². The van der Waals surface area contributed by atoms with Crippen LogP contribution in [0.3, 0.4) is 0 Å². The van der Waals surface area contributed by atoms with Crippen molar-refractivity contribution in [3.05, 3.63) is 60.0 Å². The number of hydrogen-bond acceptors (Lipinski definition) is 4. The molecule has 0 fully saturated rings. The number of hydrogen-bond donors (Lipinski definition) is 2. The Balaban J connectivity index is 1.44. The van der Waals surface area contributed by atoms with Crippen LogP contribution in [0.25, 0.3) is 5.65 Å². The number of ether oxygens (including phenoxy) is 1. The Morgan fingerprint density at radius 1 is 1.12 bits per heavy atom. The number of guanidine groups is 1. The zero-order valence-corrected chi connectivity index (χ0v) is 14.4. The predicted molar refractivity (Wildman–Crippen MR) is 97.9 cm³/mol. The van der Waals surface area contributed by atoms with Crippen LogP contribution < -0.4 is 15.4 Å². The molecule has 0 radical (unpaired) electrons. The Hall–Kier alpha value is -3.09. The number of fused-ring (bicyclic) bond motifs is 1. The van der Waals surface area contributed by atoms with E-state index in [0.717, 1.165) is 17.2 Å². The van der Waals surface area contributed by atoms with E-state index in [-0.39, 0.29) is 0 Å². The van der Waals surface area contributed by atoms with Gasteiger partial charge in [-0.1, -0.05) is 23.8 Å². The lowest BCUT2D eigenvalue weighted by molar-refractivity contribution is 0.322. The number of aromatic nitrogens is 3. The number of benzene rings is 1. The molecule has 0 unspecified atom stereocenters. The van der Waals surface area contributed by atoms with Crippen LogP contribution in [-0.4, -0.2) is 40.8 Å². The molecular formula is C18H22N6O. The first-order chi connectivity index (χ1) is 12.3. The standard InChI is InChI=1S/C18H22N6O/c1-14-6-8-15(9-7-14)25-12-10-20-18(19-2)21-13-17-23-22-16-5-3-4-11-24(16)17/h3-9,11H,10,12-13H2,1-2H3,(H2,19,20,21). The highest BCUT2D eigenvalue weighted by atomic mass is 16.5. The van der Waals surface area contributed by atoms with Crippen molar-refractivity contribution >= 4 is 11.6 Å². The fourth-order valence-electron chi connectivity index (χ4n) is 2.37. The van der Waals surface area contributed by atoms with Crippen LogP contribution in [0.5, 0.6) is 5.75 Å². The van der Waals surface area contributed by atoms with E-state index in [1.807, 2.05) is 53.1 Å². The minimum absolute atomic E-state index is 0.531. The summed E-state index contributed by atoms with van der Waals surface area (Å²) in [4.78, 5) is 4.21. The van der Waals surface area contributed by atoms with Crippen LogP contribution in [0.15, 0.2) is 53.7 Å². The van der Waals surface area contributed by atoms with E-state index in [1.165, 1.54) is 5.56 Å². The molecule has 2 N–H and O–H groups in total. The molecule has 25 heavy (non-hydrogen) atoms. The van der Waals surface area contributed by atoms with Crippen LogP contribution in [0.4, 0.5) is 0 Å². The molecule has 0 aliphatic rings. The molecular weight excluding hydrogens is 316 g/mol. The molecule has 7 nitrogen and oxygen atoms in total. The van der Waals surface area contributed by atoms with Crippen molar-refractivity contribution in [1.82, 2.24) is 25.2 Å². The fraction of sp³-hybridized carbons (Fsp3) is 0.278. The quantitative estimate of drug-likeness (QED) is 0.407. The molecule has 0 saturated carbocycles. The first-order valence-electron chi connectivity index (χ1n) is 8.19. The summed E-state index contributed by atoms with van der Waals surface area (Å²) in [6.07, 6.45) is 1.94. The summed E-state index contributed by atoms with van der Waals surface area (Å²) < 4.78 is 7.64. The fourth-order valence-corrected chi connectivity index (χ4v) is 2.37. The van der Waals surface area contributed by atoms with Crippen molar-refractivity contribution in [3.8, 4) is 5.75 Å². The third-order valence-corrected chi connectivity index (χ3v) is 3.71. The molecule has 0 spiro atoms. The van der Waals surface area contributed by atoms with Gasteiger partial charge in [0.15, 0.2) is 17.4 Å². The lowest BCUT2D eigenvalue weighted by atomic mass is 10.2. The molecule has 3 aromatic rings. The molecule has 3 rings (SSSR count). The second kappa shape index (κ2) is 8.14. The average Bonchev–Trinajstić information content (AvgIpc) is 3.06. The van der Waals surface area contributed by atoms with Crippen molar-refractivity contribution in [2.75, 3.05) is 20.2 Å². The smallest absolute Gasteiger partial charge is 0.191 e. The first kappa shape index (κ1) is 16.8. The summed E-state index contributed by atoms with van der Waals surface area (Å²) in [5.74, 6) is 2.39. The molecule has 0 aliphatic heterocycles. The molecule has 0 bridgehead atoms. The van der Waals surface area contributed by atoms with Gasteiger partial charge in [0.05, 0.1) is 13.1 Å². The van der Waals surface area contributed by atoms with E-state index in [0.29, 0.717) is 25.7 Å². The summed E-state index contributed by atoms with van der Waals surface area (Å²) >= 11 is 0. The zero-order chi connectivity index (χ0) is 17.5. The maximum Gasteiger partial charge on any atom is 0.191 e. The Morgan fingerprint density at radius 3 is 2.76 bits per heavy atom. The lowest BCUT2D eigenvalue weighted by Crippen LogP contribution is -2.39. The summed E-state index contributed by atoms with van der Waals surface area (Å²) in [5.41, 5.74) is 2.05. The van der Waals surface area contributed by atoms with Crippen molar-refractivity contribution in [2.45, 2.75) is 13.5 Å².